The van der Waals surface area contributed by atoms with E-state index in [-0.39, 0.29) is 0 Å². The minimum atomic E-state index is 0.611. The molecule has 49 heavy (non-hydrogen) atoms. The summed E-state index contributed by atoms with van der Waals surface area (Å²) in [6.45, 7) is 0. The molecule has 4 nitrogen and oxygen atoms in total. The maximum absolute atomic E-state index is 6.52. The normalized spacial score (nSPS) is 11.3. The second-order valence-corrected chi connectivity index (χ2v) is 12.1. The van der Waals surface area contributed by atoms with Gasteiger partial charge < -0.3 is 4.42 Å². The maximum Gasteiger partial charge on any atom is 0.164 e. The topological polar surface area (TPSA) is 51.8 Å². The van der Waals surface area contributed by atoms with E-state index in [4.69, 9.17) is 19.4 Å². The molecule has 9 aromatic rings. The van der Waals surface area contributed by atoms with Gasteiger partial charge in [0.15, 0.2) is 17.5 Å². The van der Waals surface area contributed by atoms with E-state index < -0.39 is 0 Å². The van der Waals surface area contributed by atoms with E-state index in [0.29, 0.717) is 17.5 Å². The Morgan fingerprint density at radius 3 is 1.31 bits per heavy atom. The van der Waals surface area contributed by atoms with Crippen LogP contribution in [0.15, 0.2) is 180 Å². The maximum atomic E-state index is 6.52. The molecule has 0 aliphatic heterocycles. The molecule has 0 bridgehead atoms. The molecule has 0 aliphatic rings. The van der Waals surface area contributed by atoms with Crippen molar-refractivity contribution >= 4 is 21.9 Å². The van der Waals surface area contributed by atoms with Crippen molar-refractivity contribution in [3.05, 3.63) is 176 Å². The molecular weight excluding hydrogens is 599 g/mol. The van der Waals surface area contributed by atoms with E-state index in [1.165, 1.54) is 16.7 Å². The molecule has 7 aromatic carbocycles. The van der Waals surface area contributed by atoms with Gasteiger partial charge in [-0.05, 0) is 46.0 Å². The quantitative estimate of drug-likeness (QED) is 0.184. The van der Waals surface area contributed by atoms with Crippen LogP contribution < -0.4 is 0 Å². The number of nitrogens with zero attached hydrogens (tertiary/aromatic N) is 3. The van der Waals surface area contributed by atoms with Crippen LogP contribution in [0.5, 0.6) is 0 Å². The standard InChI is InChI=1S/C45H29N3O/c1-4-11-30(12-5-1)32-19-23-34(24-20-32)38-17-10-18-39-40-29-37(27-28-41(40)49-42(38)39)45-47-43(35-15-8-3-9-16-35)46-44(48-45)36-25-21-33(22-26-36)31-13-6-2-7-14-31/h1-29H. The van der Waals surface area contributed by atoms with Crippen LogP contribution >= 0.6 is 0 Å². The van der Waals surface area contributed by atoms with E-state index >= 15 is 0 Å². The van der Waals surface area contributed by atoms with E-state index in [0.717, 1.165) is 55.3 Å². The van der Waals surface area contributed by atoms with E-state index in [1.807, 2.05) is 54.6 Å². The number of aromatic nitrogens is 3. The average Bonchev–Trinajstić information content (AvgIpc) is 3.57. The van der Waals surface area contributed by atoms with Gasteiger partial charge >= 0.3 is 0 Å². The van der Waals surface area contributed by atoms with Crippen molar-refractivity contribution in [1.82, 2.24) is 15.0 Å². The Hall–Kier alpha value is -6.65. The van der Waals surface area contributed by atoms with Crippen molar-refractivity contribution < 1.29 is 4.42 Å². The lowest BCUT2D eigenvalue weighted by Crippen LogP contribution is -2.00. The Morgan fingerprint density at radius 1 is 0.306 bits per heavy atom. The molecule has 0 N–H and O–H groups in total. The number of rotatable bonds is 6. The first kappa shape index (κ1) is 28.6. The van der Waals surface area contributed by atoms with Gasteiger partial charge in [-0.15, -0.1) is 0 Å². The Labute approximate surface area is 284 Å². The number of benzene rings is 7. The van der Waals surface area contributed by atoms with Crippen LogP contribution in [-0.2, 0) is 0 Å². The Morgan fingerprint density at radius 2 is 0.735 bits per heavy atom. The molecule has 0 radical (unpaired) electrons. The van der Waals surface area contributed by atoms with Crippen LogP contribution in [0.25, 0.3) is 89.5 Å². The Kier molecular flexibility index (Phi) is 7.10. The van der Waals surface area contributed by atoms with Crippen LogP contribution in [0, 0.1) is 0 Å². The molecule has 230 valence electrons. The summed E-state index contributed by atoms with van der Waals surface area (Å²) >= 11 is 0. The highest BCUT2D eigenvalue weighted by Gasteiger charge is 2.16. The third-order valence-electron chi connectivity index (χ3n) is 8.98. The minimum Gasteiger partial charge on any atom is -0.455 e. The van der Waals surface area contributed by atoms with Gasteiger partial charge in [-0.25, -0.2) is 15.0 Å². The summed E-state index contributed by atoms with van der Waals surface area (Å²) in [5, 5.41) is 2.07. The molecular formula is C45H29N3O. The van der Waals surface area contributed by atoms with Gasteiger partial charge in [-0.2, -0.15) is 0 Å². The molecule has 0 aliphatic carbocycles. The molecule has 9 rings (SSSR count). The second-order valence-electron chi connectivity index (χ2n) is 12.1. The van der Waals surface area contributed by atoms with Crippen molar-refractivity contribution in [3.8, 4) is 67.5 Å². The number of hydrogen-bond acceptors (Lipinski definition) is 4. The fourth-order valence-corrected chi connectivity index (χ4v) is 6.43. The summed E-state index contributed by atoms with van der Waals surface area (Å²) in [7, 11) is 0. The molecule has 0 fully saturated rings. The lowest BCUT2D eigenvalue weighted by Gasteiger charge is -2.09. The van der Waals surface area contributed by atoms with E-state index in [1.54, 1.807) is 0 Å². The van der Waals surface area contributed by atoms with Gasteiger partial charge in [0.2, 0.25) is 0 Å². The van der Waals surface area contributed by atoms with Crippen molar-refractivity contribution in [3.63, 3.8) is 0 Å². The van der Waals surface area contributed by atoms with Gasteiger partial charge in [0, 0.05) is 33.0 Å². The van der Waals surface area contributed by atoms with Crippen LogP contribution in [0.2, 0.25) is 0 Å². The summed E-state index contributed by atoms with van der Waals surface area (Å²) in [6, 6.07) is 60.5. The highest BCUT2D eigenvalue weighted by Crippen LogP contribution is 2.38. The molecule has 0 amide bonds. The molecule has 0 spiro atoms. The van der Waals surface area contributed by atoms with Gasteiger partial charge in [0.05, 0.1) is 0 Å². The van der Waals surface area contributed by atoms with Crippen molar-refractivity contribution in [2.24, 2.45) is 0 Å². The molecule has 0 saturated carbocycles. The SMILES string of the molecule is c1ccc(-c2ccc(-c3nc(-c4ccccc4)nc(-c4ccc5oc6c(-c7ccc(-c8ccccc8)cc7)cccc6c5c4)n3)cc2)cc1. The second kappa shape index (κ2) is 12.2. The van der Waals surface area contributed by atoms with Gasteiger partial charge in [0.1, 0.15) is 11.2 Å². The zero-order valence-electron chi connectivity index (χ0n) is 26.5. The lowest BCUT2D eigenvalue weighted by atomic mass is 9.98. The third-order valence-corrected chi connectivity index (χ3v) is 8.98. The lowest BCUT2D eigenvalue weighted by molar-refractivity contribution is 0.670. The number of hydrogen-bond donors (Lipinski definition) is 0. The summed E-state index contributed by atoms with van der Waals surface area (Å²) < 4.78 is 6.52. The summed E-state index contributed by atoms with van der Waals surface area (Å²) in [5.74, 6) is 1.87. The van der Waals surface area contributed by atoms with Crippen LogP contribution in [0.4, 0.5) is 0 Å². The third kappa shape index (κ3) is 5.45. The number of para-hydroxylation sites is 1. The van der Waals surface area contributed by atoms with Gasteiger partial charge in [-0.1, -0.05) is 158 Å². The molecule has 0 unspecified atom stereocenters. The predicted octanol–water partition coefficient (Wildman–Crippen LogP) is 11.8. The number of fused-ring (bicyclic) bond motifs is 3. The molecule has 0 atom stereocenters. The van der Waals surface area contributed by atoms with Crippen LogP contribution in [0.1, 0.15) is 0 Å². The molecule has 2 aromatic heterocycles. The number of furan rings is 1. The zero-order valence-corrected chi connectivity index (χ0v) is 26.5. The van der Waals surface area contributed by atoms with E-state index in [2.05, 4.69) is 121 Å². The zero-order chi connectivity index (χ0) is 32.6. The fraction of sp³-hybridized carbons (Fsp3) is 0. The van der Waals surface area contributed by atoms with Gasteiger partial charge in [0.25, 0.3) is 0 Å². The first-order valence-corrected chi connectivity index (χ1v) is 16.4. The Balaban J connectivity index is 1.13. The van der Waals surface area contributed by atoms with Crippen LogP contribution in [-0.4, -0.2) is 15.0 Å². The molecule has 0 saturated heterocycles. The average molecular weight is 628 g/mol. The van der Waals surface area contributed by atoms with Crippen molar-refractivity contribution in [2.75, 3.05) is 0 Å². The van der Waals surface area contributed by atoms with Crippen molar-refractivity contribution in [1.29, 1.82) is 0 Å². The molecule has 4 heteroatoms. The highest BCUT2D eigenvalue weighted by atomic mass is 16.3. The summed E-state index contributed by atoms with van der Waals surface area (Å²) in [5.41, 5.74) is 11.3. The smallest absolute Gasteiger partial charge is 0.164 e. The highest BCUT2D eigenvalue weighted by molar-refractivity contribution is 6.10. The van der Waals surface area contributed by atoms with Crippen molar-refractivity contribution in [2.45, 2.75) is 0 Å². The first-order valence-electron chi connectivity index (χ1n) is 16.4. The minimum absolute atomic E-state index is 0.611. The summed E-state index contributed by atoms with van der Waals surface area (Å²) in [4.78, 5) is 14.9. The fourth-order valence-electron chi connectivity index (χ4n) is 6.43. The van der Waals surface area contributed by atoms with Gasteiger partial charge in [-0.3, -0.25) is 0 Å². The Bertz CT molecular complexity index is 2560. The monoisotopic (exact) mass is 627 g/mol. The predicted molar refractivity (Wildman–Crippen MR) is 200 cm³/mol. The largest absolute Gasteiger partial charge is 0.455 e. The summed E-state index contributed by atoms with van der Waals surface area (Å²) in [6.07, 6.45) is 0. The first-order chi connectivity index (χ1) is 24.3. The van der Waals surface area contributed by atoms with E-state index in [9.17, 15) is 0 Å². The molecule has 2 heterocycles. The van der Waals surface area contributed by atoms with Crippen LogP contribution in [0.3, 0.4) is 0 Å².